The zero-order chi connectivity index (χ0) is 19.5. The zero-order valence-electron chi connectivity index (χ0n) is 15.7. The Morgan fingerprint density at radius 1 is 1.00 bits per heavy atom. The summed E-state index contributed by atoms with van der Waals surface area (Å²) in [5.41, 5.74) is 1.61. The van der Waals surface area contributed by atoms with Crippen LogP contribution in [0.1, 0.15) is 19.8 Å². The van der Waals surface area contributed by atoms with Gasteiger partial charge in [0.15, 0.2) is 11.5 Å². The van der Waals surface area contributed by atoms with Gasteiger partial charge >= 0.3 is 11.7 Å². The molecule has 146 valence electrons. The Hall–Kier alpha value is -3.22. The number of esters is 1. The van der Waals surface area contributed by atoms with Crippen LogP contribution in [0, 0.1) is 0 Å². The van der Waals surface area contributed by atoms with Gasteiger partial charge < -0.3 is 14.2 Å². The molecular formula is C21H22N2O5. The van der Waals surface area contributed by atoms with E-state index in [4.69, 9.17) is 14.2 Å². The number of para-hydroxylation sites is 2. The van der Waals surface area contributed by atoms with Crippen LogP contribution in [0.15, 0.2) is 47.3 Å². The van der Waals surface area contributed by atoms with Crippen LogP contribution in [0.5, 0.6) is 17.2 Å². The van der Waals surface area contributed by atoms with Gasteiger partial charge in [-0.25, -0.2) is 4.79 Å². The van der Waals surface area contributed by atoms with Crippen LogP contribution in [-0.4, -0.2) is 28.3 Å². The van der Waals surface area contributed by atoms with Crippen molar-refractivity contribution in [1.82, 2.24) is 9.13 Å². The molecule has 3 aromatic rings. The fraction of sp³-hybridized carbons (Fsp3) is 0.333. The summed E-state index contributed by atoms with van der Waals surface area (Å²) in [6.45, 7) is 3.92. The monoisotopic (exact) mass is 382 g/mol. The SMILES string of the molecule is CCCn1c(=O)n(CCC(=O)Oc2ccc3c(c2)OCCO3)c2ccccc21. The fourth-order valence-corrected chi connectivity index (χ4v) is 3.40. The molecule has 0 aliphatic carbocycles. The maximum Gasteiger partial charge on any atom is 0.329 e. The van der Waals surface area contributed by atoms with Gasteiger partial charge in [0, 0.05) is 19.2 Å². The summed E-state index contributed by atoms with van der Waals surface area (Å²) >= 11 is 0. The highest BCUT2D eigenvalue weighted by molar-refractivity contribution is 5.77. The highest BCUT2D eigenvalue weighted by Crippen LogP contribution is 2.33. The average molecular weight is 382 g/mol. The molecule has 0 N–H and O–H groups in total. The molecule has 0 saturated carbocycles. The van der Waals surface area contributed by atoms with Gasteiger partial charge in [0.05, 0.1) is 17.5 Å². The Bertz CT molecular complexity index is 1070. The lowest BCUT2D eigenvalue weighted by Gasteiger charge is -2.18. The number of carbonyl (C=O) groups excluding carboxylic acids is 1. The minimum atomic E-state index is -0.407. The number of imidazole rings is 1. The van der Waals surface area contributed by atoms with Crippen molar-refractivity contribution in [2.24, 2.45) is 0 Å². The van der Waals surface area contributed by atoms with Crippen molar-refractivity contribution >= 4 is 17.0 Å². The van der Waals surface area contributed by atoms with Gasteiger partial charge in [-0.2, -0.15) is 0 Å². The van der Waals surface area contributed by atoms with Crippen molar-refractivity contribution in [2.45, 2.75) is 32.9 Å². The van der Waals surface area contributed by atoms with E-state index in [1.165, 1.54) is 0 Å². The van der Waals surface area contributed by atoms with E-state index in [-0.39, 0.29) is 18.7 Å². The first-order chi connectivity index (χ1) is 13.7. The van der Waals surface area contributed by atoms with Crippen LogP contribution in [0.4, 0.5) is 0 Å². The molecule has 1 aliphatic heterocycles. The van der Waals surface area contributed by atoms with Crippen LogP contribution >= 0.6 is 0 Å². The molecule has 7 nitrogen and oxygen atoms in total. The van der Waals surface area contributed by atoms with Gasteiger partial charge in [-0.05, 0) is 30.7 Å². The van der Waals surface area contributed by atoms with Gasteiger partial charge in [-0.3, -0.25) is 13.9 Å². The van der Waals surface area contributed by atoms with E-state index >= 15 is 0 Å². The number of aromatic nitrogens is 2. The number of hydrogen-bond donors (Lipinski definition) is 0. The molecule has 0 saturated heterocycles. The smallest absolute Gasteiger partial charge is 0.329 e. The van der Waals surface area contributed by atoms with Gasteiger partial charge in [0.1, 0.15) is 19.0 Å². The van der Waals surface area contributed by atoms with Gasteiger partial charge in [0.25, 0.3) is 0 Å². The summed E-state index contributed by atoms with van der Waals surface area (Å²) in [5.74, 6) is 1.20. The predicted octanol–water partition coefficient (Wildman–Crippen LogP) is 2.98. The van der Waals surface area contributed by atoms with E-state index in [0.29, 0.717) is 37.0 Å². The van der Waals surface area contributed by atoms with Crippen molar-refractivity contribution in [3.8, 4) is 17.2 Å². The standard InChI is InChI=1S/C21H22N2O5/c1-2-10-22-16-5-3-4-6-17(16)23(21(22)25)11-9-20(24)28-15-7-8-18-19(14-15)27-13-12-26-18/h3-8,14H,2,9-13H2,1H3. The van der Waals surface area contributed by atoms with Crippen molar-refractivity contribution < 1.29 is 19.0 Å². The Labute approximate surface area is 162 Å². The number of hydrogen-bond acceptors (Lipinski definition) is 5. The van der Waals surface area contributed by atoms with Crippen LogP contribution < -0.4 is 19.9 Å². The number of fused-ring (bicyclic) bond motifs is 2. The molecule has 0 unspecified atom stereocenters. The third kappa shape index (κ3) is 3.47. The Morgan fingerprint density at radius 3 is 2.39 bits per heavy atom. The second kappa shape index (κ2) is 7.80. The minimum Gasteiger partial charge on any atom is -0.486 e. The van der Waals surface area contributed by atoms with Gasteiger partial charge in [-0.1, -0.05) is 19.1 Å². The highest BCUT2D eigenvalue weighted by Gasteiger charge is 2.16. The van der Waals surface area contributed by atoms with E-state index in [9.17, 15) is 9.59 Å². The van der Waals surface area contributed by atoms with Crippen LogP contribution in [-0.2, 0) is 17.9 Å². The van der Waals surface area contributed by atoms with E-state index in [0.717, 1.165) is 17.5 Å². The first kappa shape index (κ1) is 18.2. The van der Waals surface area contributed by atoms with E-state index < -0.39 is 5.97 Å². The predicted molar refractivity (Wildman–Crippen MR) is 104 cm³/mol. The number of carbonyl (C=O) groups is 1. The van der Waals surface area contributed by atoms with Crippen molar-refractivity contribution in [3.05, 3.63) is 52.9 Å². The van der Waals surface area contributed by atoms with E-state index in [1.54, 1.807) is 27.3 Å². The lowest BCUT2D eigenvalue weighted by Crippen LogP contribution is -2.25. The van der Waals surface area contributed by atoms with E-state index in [2.05, 4.69) is 0 Å². The van der Waals surface area contributed by atoms with Crippen LogP contribution in [0.3, 0.4) is 0 Å². The van der Waals surface area contributed by atoms with Gasteiger partial charge in [0.2, 0.25) is 0 Å². The molecule has 2 aromatic carbocycles. The fourth-order valence-electron chi connectivity index (χ4n) is 3.40. The maximum absolute atomic E-state index is 12.8. The molecule has 0 amide bonds. The molecule has 0 spiro atoms. The Kier molecular flexibility index (Phi) is 5.06. The minimum absolute atomic E-state index is 0.0917. The zero-order valence-corrected chi connectivity index (χ0v) is 15.7. The number of nitrogens with zero attached hydrogens (tertiary/aromatic N) is 2. The largest absolute Gasteiger partial charge is 0.486 e. The van der Waals surface area contributed by atoms with Crippen LogP contribution in [0.2, 0.25) is 0 Å². The summed E-state index contributed by atoms with van der Waals surface area (Å²) in [6.07, 6.45) is 0.953. The van der Waals surface area contributed by atoms with E-state index in [1.807, 2.05) is 31.2 Å². The quantitative estimate of drug-likeness (QED) is 0.484. The van der Waals surface area contributed by atoms with Crippen molar-refractivity contribution in [3.63, 3.8) is 0 Å². The number of ether oxygens (including phenoxy) is 3. The summed E-state index contributed by atoms with van der Waals surface area (Å²) in [6, 6.07) is 12.7. The Balaban J connectivity index is 1.48. The van der Waals surface area contributed by atoms with Crippen LogP contribution in [0.25, 0.3) is 11.0 Å². The summed E-state index contributed by atoms with van der Waals surface area (Å²) < 4.78 is 19.8. The number of aryl methyl sites for hydroxylation is 2. The molecule has 0 bridgehead atoms. The summed E-state index contributed by atoms with van der Waals surface area (Å²) in [4.78, 5) is 25.1. The maximum atomic E-state index is 12.8. The summed E-state index contributed by atoms with van der Waals surface area (Å²) in [5, 5.41) is 0. The molecule has 4 rings (SSSR count). The topological polar surface area (TPSA) is 71.7 Å². The van der Waals surface area contributed by atoms with Gasteiger partial charge in [-0.15, -0.1) is 0 Å². The molecule has 0 radical (unpaired) electrons. The average Bonchev–Trinajstić information content (AvgIpc) is 2.98. The lowest BCUT2D eigenvalue weighted by molar-refractivity contribution is -0.134. The molecular weight excluding hydrogens is 360 g/mol. The number of benzene rings is 2. The first-order valence-corrected chi connectivity index (χ1v) is 9.46. The Morgan fingerprint density at radius 2 is 1.68 bits per heavy atom. The third-order valence-corrected chi connectivity index (χ3v) is 4.66. The lowest BCUT2D eigenvalue weighted by atomic mass is 10.3. The third-order valence-electron chi connectivity index (χ3n) is 4.66. The normalized spacial score (nSPS) is 12.9. The first-order valence-electron chi connectivity index (χ1n) is 9.46. The molecule has 2 heterocycles. The summed E-state index contributed by atoms with van der Waals surface area (Å²) in [7, 11) is 0. The van der Waals surface area contributed by atoms with Crippen molar-refractivity contribution in [2.75, 3.05) is 13.2 Å². The molecule has 1 aromatic heterocycles. The second-order valence-electron chi connectivity index (χ2n) is 6.60. The molecule has 28 heavy (non-hydrogen) atoms. The highest BCUT2D eigenvalue weighted by atomic mass is 16.6. The van der Waals surface area contributed by atoms with Crippen molar-refractivity contribution in [1.29, 1.82) is 0 Å². The molecule has 7 heteroatoms. The number of rotatable bonds is 6. The molecule has 1 aliphatic rings. The molecule has 0 fully saturated rings. The second-order valence-corrected chi connectivity index (χ2v) is 6.60. The molecule has 0 atom stereocenters.